The van der Waals surface area contributed by atoms with Crippen molar-refractivity contribution < 1.29 is 19.1 Å². The summed E-state index contributed by atoms with van der Waals surface area (Å²) in [6.07, 6.45) is 6.96. The van der Waals surface area contributed by atoms with Gasteiger partial charge < -0.3 is 29.9 Å². The molecule has 250 valence electrons. The van der Waals surface area contributed by atoms with Gasteiger partial charge in [0.2, 0.25) is 5.91 Å². The fraction of sp³-hybridized carbons (Fsp3) is 0.457. The number of nitrogens with one attached hydrogen (secondary N) is 2. The molecule has 3 aliphatic rings. The Morgan fingerprint density at radius 3 is 2.57 bits per heavy atom. The predicted molar refractivity (Wildman–Crippen MR) is 185 cm³/mol. The van der Waals surface area contributed by atoms with Crippen LogP contribution in [0.15, 0.2) is 61.4 Å². The standard InChI is InChI=1S/C35H46N8O4/c1-6-35(44)39-28-19-29(32(46-5)20-31(28)41-14-10-25(11-15-41)42-16-12-26(22-42)40(2)3)38-33-21-34(37-23-36-33)43-30(13-17-47-43)24-8-7-9-27(18-24)45-4/h6-9,18-21,23,25-26,30H,1,10-17,22H2,2-5H3,(H,39,44)(H,36,37,38). The number of ether oxygens (including phenoxy) is 2. The van der Waals surface area contributed by atoms with Crippen LogP contribution in [0.3, 0.4) is 0 Å². The van der Waals surface area contributed by atoms with E-state index in [-0.39, 0.29) is 11.9 Å². The summed E-state index contributed by atoms with van der Waals surface area (Å²) >= 11 is 0. The summed E-state index contributed by atoms with van der Waals surface area (Å²) in [5, 5.41) is 8.25. The number of carbonyl (C=O) groups excluding carboxylic acids is 1. The van der Waals surface area contributed by atoms with Gasteiger partial charge in [-0.1, -0.05) is 18.7 Å². The molecule has 1 aromatic heterocycles. The Hall–Kier alpha value is -4.39. The highest BCUT2D eigenvalue weighted by Gasteiger charge is 2.33. The summed E-state index contributed by atoms with van der Waals surface area (Å²) in [5.74, 6) is 2.34. The van der Waals surface area contributed by atoms with Gasteiger partial charge in [-0.2, -0.15) is 0 Å². The highest BCUT2D eigenvalue weighted by Crippen LogP contribution is 2.41. The number of methoxy groups -OCH3 is 2. The van der Waals surface area contributed by atoms with Crippen molar-refractivity contribution in [1.29, 1.82) is 0 Å². The number of nitrogens with zero attached hydrogens (tertiary/aromatic N) is 6. The molecule has 3 aliphatic heterocycles. The molecule has 0 spiro atoms. The SMILES string of the molecule is C=CC(=O)Nc1cc(Nc2cc(N3OCCC3c3cccc(OC)c3)ncn2)c(OC)cc1N1CCC(N2CCC(N(C)C)C2)CC1. The van der Waals surface area contributed by atoms with Gasteiger partial charge >= 0.3 is 0 Å². The molecule has 0 bridgehead atoms. The number of amides is 1. The van der Waals surface area contributed by atoms with E-state index in [4.69, 9.17) is 14.3 Å². The number of anilines is 5. The van der Waals surface area contributed by atoms with Crippen LogP contribution in [0.4, 0.5) is 28.7 Å². The van der Waals surface area contributed by atoms with Gasteiger partial charge in [0.05, 0.1) is 43.9 Å². The quantitative estimate of drug-likeness (QED) is 0.281. The number of rotatable bonds is 11. The molecule has 6 rings (SSSR count). The number of benzene rings is 2. The second-order valence-electron chi connectivity index (χ2n) is 12.5. The molecule has 0 radical (unpaired) electrons. The van der Waals surface area contributed by atoms with Gasteiger partial charge in [-0.15, -0.1) is 0 Å². The Bertz CT molecular complexity index is 1560. The lowest BCUT2D eigenvalue weighted by Gasteiger charge is -2.39. The van der Waals surface area contributed by atoms with E-state index in [0.29, 0.717) is 47.5 Å². The summed E-state index contributed by atoms with van der Waals surface area (Å²) in [5.41, 5.74) is 3.34. The normalized spacial score (nSPS) is 20.4. The molecule has 3 saturated heterocycles. The number of hydrogen-bond acceptors (Lipinski definition) is 11. The van der Waals surface area contributed by atoms with Crippen LogP contribution in [0.25, 0.3) is 0 Å². The van der Waals surface area contributed by atoms with Crippen LogP contribution in [0, 0.1) is 0 Å². The first kappa shape index (κ1) is 32.5. The maximum absolute atomic E-state index is 12.6. The third-order valence-electron chi connectivity index (χ3n) is 9.53. The first-order chi connectivity index (χ1) is 22.9. The Balaban J connectivity index is 1.21. The molecule has 3 aromatic rings. The van der Waals surface area contributed by atoms with Crippen LogP contribution in [0.2, 0.25) is 0 Å². The molecule has 1 amide bonds. The van der Waals surface area contributed by atoms with Crippen LogP contribution < -0.4 is 30.1 Å². The Kier molecular flexibility index (Phi) is 10.1. The summed E-state index contributed by atoms with van der Waals surface area (Å²) in [6, 6.07) is 14.9. The topological polar surface area (TPSA) is 108 Å². The van der Waals surface area contributed by atoms with Gasteiger partial charge in [-0.25, -0.2) is 15.0 Å². The highest BCUT2D eigenvalue weighted by atomic mass is 16.7. The Labute approximate surface area is 277 Å². The van der Waals surface area contributed by atoms with Crippen LogP contribution in [-0.2, 0) is 9.63 Å². The first-order valence-electron chi connectivity index (χ1n) is 16.3. The monoisotopic (exact) mass is 642 g/mol. The summed E-state index contributed by atoms with van der Waals surface area (Å²) in [6.45, 7) is 8.29. The van der Waals surface area contributed by atoms with Gasteiger partial charge in [0, 0.05) is 56.8 Å². The smallest absolute Gasteiger partial charge is 0.247 e. The van der Waals surface area contributed by atoms with Crippen molar-refractivity contribution in [2.24, 2.45) is 0 Å². The van der Waals surface area contributed by atoms with E-state index in [1.165, 1.54) is 18.8 Å². The van der Waals surface area contributed by atoms with Crippen LogP contribution in [0.1, 0.15) is 37.3 Å². The molecular formula is C35H46N8O4. The van der Waals surface area contributed by atoms with Crippen molar-refractivity contribution in [1.82, 2.24) is 19.8 Å². The summed E-state index contributed by atoms with van der Waals surface area (Å²) in [7, 11) is 7.66. The molecule has 0 saturated carbocycles. The maximum atomic E-state index is 12.6. The minimum absolute atomic E-state index is 0.0218. The molecule has 2 unspecified atom stereocenters. The fourth-order valence-electron chi connectivity index (χ4n) is 6.89. The number of aromatic nitrogens is 2. The van der Waals surface area contributed by atoms with E-state index in [9.17, 15) is 4.79 Å². The molecule has 12 heteroatoms. The van der Waals surface area contributed by atoms with Crippen LogP contribution >= 0.6 is 0 Å². The summed E-state index contributed by atoms with van der Waals surface area (Å²) < 4.78 is 11.3. The van der Waals surface area contributed by atoms with Gasteiger partial charge in [-0.3, -0.25) is 14.5 Å². The van der Waals surface area contributed by atoms with E-state index in [1.807, 2.05) is 41.5 Å². The molecule has 4 heterocycles. The van der Waals surface area contributed by atoms with E-state index >= 15 is 0 Å². The average molecular weight is 643 g/mol. The third-order valence-corrected chi connectivity index (χ3v) is 9.53. The van der Waals surface area contributed by atoms with Crippen LogP contribution in [-0.4, -0.2) is 98.9 Å². The molecule has 0 aliphatic carbocycles. The number of likely N-dealkylation sites (tertiary alicyclic amines) is 1. The van der Waals surface area contributed by atoms with Gasteiger partial charge in [0.15, 0.2) is 5.82 Å². The maximum Gasteiger partial charge on any atom is 0.247 e. The third kappa shape index (κ3) is 7.29. The van der Waals surface area contributed by atoms with Crippen molar-refractivity contribution in [3.8, 4) is 11.5 Å². The zero-order valence-electron chi connectivity index (χ0n) is 27.8. The number of carbonyl (C=O) groups is 1. The first-order valence-corrected chi connectivity index (χ1v) is 16.3. The average Bonchev–Trinajstić information content (AvgIpc) is 3.80. The second kappa shape index (κ2) is 14.6. The Morgan fingerprint density at radius 1 is 1.02 bits per heavy atom. The number of hydroxylamine groups is 1. The lowest BCUT2D eigenvalue weighted by molar-refractivity contribution is -0.111. The minimum atomic E-state index is -0.275. The lowest BCUT2D eigenvalue weighted by atomic mass is 10.0. The Morgan fingerprint density at radius 2 is 1.85 bits per heavy atom. The van der Waals surface area contributed by atoms with Crippen molar-refractivity contribution in [2.45, 2.75) is 43.8 Å². The van der Waals surface area contributed by atoms with Crippen molar-refractivity contribution in [3.63, 3.8) is 0 Å². The second-order valence-corrected chi connectivity index (χ2v) is 12.5. The van der Waals surface area contributed by atoms with E-state index in [2.05, 4.69) is 62.0 Å². The van der Waals surface area contributed by atoms with Crippen LogP contribution in [0.5, 0.6) is 11.5 Å². The van der Waals surface area contributed by atoms with E-state index < -0.39 is 0 Å². The largest absolute Gasteiger partial charge is 0.497 e. The lowest BCUT2D eigenvalue weighted by Crippen LogP contribution is -2.45. The van der Waals surface area contributed by atoms with E-state index in [1.54, 1.807) is 14.2 Å². The predicted octanol–water partition coefficient (Wildman–Crippen LogP) is 4.85. The zero-order chi connectivity index (χ0) is 32.9. The number of hydrogen-bond donors (Lipinski definition) is 2. The van der Waals surface area contributed by atoms with Gasteiger partial charge in [-0.05, 0) is 63.2 Å². The number of piperidine rings is 1. The molecule has 47 heavy (non-hydrogen) atoms. The molecule has 3 fully saturated rings. The van der Waals surface area contributed by atoms with E-state index in [0.717, 1.165) is 62.4 Å². The zero-order valence-corrected chi connectivity index (χ0v) is 27.8. The van der Waals surface area contributed by atoms with Crippen molar-refractivity contribution in [3.05, 3.63) is 67.0 Å². The minimum Gasteiger partial charge on any atom is -0.497 e. The molecule has 12 nitrogen and oxygen atoms in total. The van der Waals surface area contributed by atoms with Gasteiger partial charge in [0.1, 0.15) is 23.6 Å². The fourth-order valence-corrected chi connectivity index (χ4v) is 6.89. The molecule has 2 aromatic carbocycles. The molecular weight excluding hydrogens is 596 g/mol. The van der Waals surface area contributed by atoms with Crippen molar-refractivity contribution >= 4 is 34.6 Å². The number of likely N-dealkylation sites (N-methyl/N-ethyl adjacent to an activating group) is 1. The highest BCUT2D eigenvalue weighted by molar-refractivity contribution is 6.02. The molecule has 2 atom stereocenters. The van der Waals surface area contributed by atoms with Crippen molar-refractivity contribution in [2.75, 3.05) is 81.7 Å². The summed E-state index contributed by atoms with van der Waals surface area (Å²) in [4.78, 5) is 34.9. The van der Waals surface area contributed by atoms with Gasteiger partial charge in [0.25, 0.3) is 0 Å². The molecule has 2 N–H and O–H groups in total.